The quantitative estimate of drug-likeness (QED) is 0.110. The lowest BCUT2D eigenvalue weighted by molar-refractivity contribution is -0.318. The summed E-state index contributed by atoms with van der Waals surface area (Å²) in [5.74, 6) is -2.37. The Balaban J connectivity index is 0.000000243. The number of hydrogen-bond donors (Lipinski definition) is 12. The number of Topliss-reactive ketones (excluding diaryl/α,β-unsaturated/α-hetero) is 2. The lowest BCUT2D eigenvalue weighted by atomic mass is 9.95. The number of methoxy groups -OCH3 is 1. The van der Waals surface area contributed by atoms with Crippen molar-refractivity contribution in [2.24, 2.45) is 0 Å². The van der Waals surface area contributed by atoms with Crippen LogP contribution in [0.25, 0.3) is 0 Å². The van der Waals surface area contributed by atoms with Crippen molar-refractivity contribution in [2.45, 2.75) is 93.4 Å². The zero-order valence-electron chi connectivity index (χ0n) is 33.9. The van der Waals surface area contributed by atoms with Gasteiger partial charge in [0.05, 0.1) is 32.7 Å². The molecule has 344 valence electrons. The molecular formula is C43H46O21. The summed E-state index contributed by atoms with van der Waals surface area (Å²) in [7, 11) is 1.39. The molecule has 0 saturated carbocycles. The molecule has 2 fully saturated rings. The summed E-state index contributed by atoms with van der Waals surface area (Å²) in [5.41, 5.74) is 0.914. The van der Waals surface area contributed by atoms with Crippen LogP contribution in [0.4, 0.5) is 0 Å². The van der Waals surface area contributed by atoms with E-state index >= 15 is 0 Å². The first-order valence-corrected chi connectivity index (χ1v) is 19.7. The van der Waals surface area contributed by atoms with Gasteiger partial charge in [0.25, 0.3) is 0 Å². The van der Waals surface area contributed by atoms with Crippen LogP contribution in [0.5, 0.6) is 57.5 Å². The molecule has 64 heavy (non-hydrogen) atoms. The van der Waals surface area contributed by atoms with Gasteiger partial charge in [-0.25, -0.2) is 0 Å². The lowest BCUT2D eigenvalue weighted by Gasteiger charge is -2.42. The van der Waals surface area contributed by atoms with Gasteiger partial charge in [-0.15, -0.1) is 0 Å². The highest BCUT2D eigenvalue weighted by Gasteiger charge is 2.47. The smallest absolute Gasteiger partial charge is 0.229 e. The molecule has 0 spiro atoms. The first-order valence-electron chi connectivity index (χ1n) is 19.7. The zero-order chi connectivity index (χ0) is 46.3. The summed E-state index contributed by atoms with van der Waals surface area (Å²) in [6.07, 6.45) is -16.6. The van der Waals surface area contributed by atoms with E-state index in [0.717, 1.165) is 12.1 Å². The molecule has 21 nitrogen and oxygen atoms in total. The van der Waals surface area contributed by atoms with E-state index in [1.807, 2.05) is 0 Å². The van der Waals surface area contributed by atoms with E-state index in [0.29, 0.717) is 11.1 Å². The van der Waals surface area contributed by atoms with Crippen molar-refractivity contribution in [1.29, 1.82) is 0 Å². The van der Waals surface area contributed by atoms with Crippen molar-refractivity contribution in [1.82, 2.24) is 0 Å². The van der Waals surface area contributed by atoms with Crippen LogP contribution in [-0.4, -0.2) is 148 Å². The van der Waals surface area contributed by atoms with E-state index in [4.69, 9.17) is 33.2 Å². The SMILES string of the molecule is COc1ccc([C@@H]2CC(=O)c3c(O)cc(O[C@@H]4O[C@H](CO[C@@H]5O[C@@H](C)[C@H](O)[C@@H](O)[C@H]5O)[C@@H](O)[C@H](O)[C@H]4O)cc3O2)cc1O.O=C1C[C@@H](c2ccc(O)c(O)c2)Oc2cc(O)cc(O)c21. The Morgan fingerprint density at radius 3 is 1.75 bits per heavy atom. The first kappa shape index (κ1) is 45.9. The van der Waals surface area contributed by atoms with Crippen molar-refractivity contribution >= 4 is 11.6 Å². The number of fused-ring (bicyclic) bond motifs is 2. The monoisotopic (exact) mass is 898 g/mol. The number of carbonyl (C=O) groups excluding carboxylic acids is 2. The average molecular weight is 899 g/mol. The Kier molecular flexibility index (Phi) is 13.3. The molecule has 4 heterocycles. The molecular weight excluding hydrogens is 852 g/mol. The zero-order valence-corrected chi connectivity index (χ0v) is 33.9. The van der Waals surface area contributed by atoms with Crippen LogP contribution in [0, 0.1) is 0 Å². The minimum Gasteiger partial charge on any atom is -0.508 e. The molecule has 12 atom stereocenters. The van der Waals surface area contributed by atoms with Crippen molar-refractivity contribution in [2.75, 3.05) is 13.7 Å². The summed E-state index contributed by atoms with van der Waals surface area (Å²) in [4.78, 5) is 25.0. The number of ether oxygens (including phenoxy) is 7. The number of benzene rings is 4. The fourth-order valence-corrected chi connectivity index (χ4v) is 7.55. The molecule has 4 aromatic carbocycles. The number of aromatic hydroxyl groups is 6. The fourth-order valence-electron chi connectivity index (χ4n) is 7.55. The second-order valence-electron chi connectivity index (χ2n) is 15.4. The molecule has 0 aromatic heterocycles. The summed E-state index contributed by atoms with van der Waals surface area (Å²) < 4.78 is 38.7. The molecule has 0 radical (unpaired) electrons. The standard InChI is InChI=1S/C28H34O15.C15H12O6/c1-10-21(32)23(34)25(36)27(40-10)39-9-19-22(33)24(35)26(37)28(43-19)41-12-6-14(30)20-15(31)8-17(42-18(20)7-12)11-3-4-16(38-2)13(29)5-11;16-8-4-11(19)15-12(20)6-13(21-14(15)5-8)7-1-2-9(17)10(18)3-7/h3-7,10,17,19,21-30,32-37H,8-9H2,1-2H3;1-5,13,16-19H,6H2/t10-,17-,19+,21-,22+,23+,24-,25+,26+,27+,28+;13-/m00/s1. The van der Waals surface area contributed by atoms with Crippen LogP contribution in [0.1, 0.15) is 63.8 Å². The second kappa shape index (κ2) is 18.5. The topological polar surface area (TPSA) is 342 Å². The van der Waals surface area contributed by atoms with E-state index < -0.39 is 91.8 Å². The molecule has 12 N–H and O–H groups in total. The van der Waals surface area contributed by atoms with E-state index in [1.165, 1.54) is 56.5 Å². The van der Waals surface area contributed by atoms with Crippen LogP contribution >= 0.6 is 0 Å². The van der Waals surface area contributed by atoms with E-state index in [9.17, 15) is 70.9 Å². The van der Waals surface area contributed by atoms with Crippen LogP contribution < -0.4 is 18.9 Å². The third kappa shape index (κ3) is 9.24. The third-order valence-corrected chi connectivity index (χ3v) is 11.1. The Morgan fingerprint density at radius 1 is 0.578 bits per heavy atom. The summed E-state index contributed by atoms with van der Waals surface area (Å²) in [6, 6.07) is 13.4. The molecule has 4 aliphatic heterocycles. The van der Waals surface area contributed by atoms with Crippen molar-refractivity contribution in [3.63, 3.8) is 0 Å². The highest BCUT2D eigenvalue weighted by molar-refractivity contribution is 6.03. The van der Waals surface area contributed by atoms with Crippen LogP contribution in [0.3, 0.4) is 0 Å². The van der Waals surface area contributed by atoms with Crippen LogP contribution in [-0.2, 0) is 14.2 Å². The maximum absolute atomic E-state index is 12.9. The second-order valence-corrected chi connectivity index (χ2v) is 15.4. The minimum absolute atomic E-state index is 0.0183. The number of hydrogen-bond acceptors (Lipinski definition) is 21. The first-order chi connectivity index (χ1) is 30.3. The molecule has 4 aliphatic rings. The minimum atomic E-state index is -1.77. The predicted molar refractivity (Wildman–Crippen MR) is 213 cm³/mol. The molecule has 0 bridgehead atoms. The average Bonchev–Trinajstić information content (AvgIpc) is 3.24. The number of phenols is 6. The van der Waals surface area contributed by atoms with Gasteiger partial charge in [0, 0.05) is 24.3 Å². The number of phenolic OH excluding ortho intramolecular Hbond substituents is 6. The number of aliphatic hydroxyl groups excluding tert-OH is 6. The summed E-state index contributed by atoms with van der Waals surface area (Å²) >= 11 is 0. The molecule has 0 aliphatic carbocycles. The van der Waals surface area contributed by atoms with Gasteiger partial charge in [-0.3, -0.25) is 9.59 Å². The number of aliphatic hydroxyl groups is 6. The van der Waals surface area contributed by atoms with Gasteiger partial charge in [0.2, 0.25) is 6.29 Å². The molecule has 21 heteroatoms. The van der Waals surface area contributed by atoms with Gasteiger partial charge in [0.1, 0.15) is 101 Å². The molecule has 0 unspecified atom stereocenters. The van der Waals surface area contributed by atoms with Gasteiger partial charge >= 0.3 is 0 Å². The van der Waals surface area contributed by atoms with Crippen LogP contribution in [0.2, 0.25) is 0 Å². The Hall–Kier alpha value is -6.14. The van der Waals surface area contributed by atoms with Crippen molar-refractivity contribution < 1.29 is 104 Å². The molecule has 8 rings (SSSR count). The number of ketones is 2. The lowest BCUT2D eigenvalue weighted by Crippen LogP contribution is -2.61. The Bertz CT molecular complexity index is 2370. The highest BCUT2D eigenvalue weighted by atomic mass is 16.7. The third-order valence-electron chi connectivity index (χ3n) is 11.1. The van der Waals surface area contributed by atoms with Crippen molar-refractivity contribution in [3.05, 3.63) is 82.9 Å². The normalized spacial score (nSPS) is 29.8. The summed E-state index contributed by atoms with van der Waals surface area (Å²) in [5, 5.41) is 120. The van der Waals surface area contributed by atoms with Gasteiger partial charge in [-0.2, -0.15) is 0 Å². The predicted octanol–water partition coefficient (Wildman–Crippen LogP) is 1.06. The maximum Gasteiger partial charge on any atom is 0.229 e. The van der Waals surface area contributed by atoms with Crippen LogP contribution in [0.15, 0.2) is 60.7 Å². The molecule has 2 saturated heterocycles. The fraction of sp³-hybridized carbons (Fsp3) is 0.395. The number of rotatable bonds is 8. The summed E-state index contributed by atoms with van der Waals surface area (Å²) in [6.45, 7) is 0.964. The van der Waals surface area contributed by atoms with Gasteiger partial charge in [0.15, 0.2) is 40.9 Å². The maximum atomic E-state index is 12.9. The van der Waals surface area contributed by atoms with Gasteiger partial charge in [-0.05, 0) is 42.3 Å². The number of carbonyl (C=O) groups is 2. The highest BCUT2D eigenvalue weighted by Crippen LogP contribution is 2.45. The Labute approximate surface area is 362 Å². The van der Waals surface area contributed by atoms with E-state index in [1.54, 1.807) is 6.07 Å². The molecule has 4 aromatic rings. The molecule has 0 amide bonds. The Morgan fingerprint density at radius 2 is 1.14 bits per heavy atom. The van der Waals surface area contributed by atoms with E-state index in [-0.39, 0.29) is 81.5 Å². The van der Waals surface area contributed by atoms with E-state index in [2.05, 4.69) is 0 Å². The van der Waals surface area contributed by atoms with Crippen molar-refractivity contribution in [3.8, 4) is 57.5 Å². The van der Waals surface area contributed by atoms with Gasteiger partial charge < -0.3 is 94.4 Å². The largest absolute Gasteiger partial charge is 0.508 e. The van der Waals surface area contributed by atoms with Gasteiger partial charge in [-0.1, -0.05) is 12.1 Å².